The maximum Gasteiger partial charge on any atom is 0.119 e. The van der Waals surface area contributed by atoms with Gasteiger partial charge in [-0.3, -0.25) is 0 Å². The van der Waals surface area contributed by atoms with Gasteiger partial charge in [0.1, 0.15) is 5.75 Å². The summed E-state index contributed by atoms with van der Waals surface area (Å²) in [5.74, 6) is 5.27. The molecule has 5 atom stereocenters. The third kappa shape index (κ3) is 1.88. The quantitative estimate of drug-likeness (QED) is 0.920. The summed E-state index contributed by atoms with van der Waals surface area (Å²) in [7, 11) is 1.77. The average molecular weight is 283 g/mol. The zero-order valence-corrected chi connectivity index (χ0v) is 12.8. The Morgan fingerprint density at radius 3 is 2.62 bits per heavy atom. The fourth-order valence-electron chi connectivity index (χ4n) is 5.82. The van der Waals surface area contributed by atoms with Gasteiger partial charge < -0.3 is 10.1 Å². The Bertz CT molecular complexity index is 553. The molecular weight excluding hydrogens is 258 g/mol. The number of ether oxygens (including phenoxy) is 1. The summed E-state index contributed by atoms with van der Waals surface area (Å²) >= 11 is 0. The highest BCUT2D eigenvalue weighted by atomic mass is 16.5. The Balaban J connectivity index is 1.28. The van der Waals surface area contributed by atoms with E-state index in [2.05, 4.69) is 23.5 Å². The second-order valence-corrected chi connectivity index (χ2v) is 7.75. The number of nitrogens with one attached hydrogen (secondary N) is 1. The number of hydrogen-bond acceptors (Lipinski definition) is 2. The molecule has 1 aromatic rings. The van der Waals surface area contributed by atoms with E-state index in [1.165, 1.54) is 43.2 Å². The second kappa shape index (κ2) is 4.49. The normalized spacial score (nSPS) is 42.5. The molecule has 0 aromatic heterocycles. The minimum absolute atomic E-state index is 0.694. The molecule has 112 valence electrons. The third-order valence-electron chi connectivity index (χ3n) is 6.81. The first-order valence-electron chi connectivity index (χ1n) is 8.75. The lowest BCUT2D eigenvalue weighted by atomic mass is 9.88. The molecule has 0 heterocycles. The maximum absolute atomic E-state index is 5.39. The number of fused-ring (bicyclic) bond motifs is 6. The molecule has 4 aliphatic carbocycles. The summed E-state index contributed by atoms with van der Waals surface area (Å²) in [5, 5.41) is 4.03. The summed E-state index contributed by atoms with van der Waals surface area (Å²) in [5.41, 5.74) is 3.04. The highest BCUT2D eigenvalue weighted by Gasteiger charge is 2.64. The van der Waals surface area contributed by atoms with Crippen molar-refractivity contribution in [3.8, 4) is 5.75 Å². The molecule has 5 unspecified atom stereocenters. The predicted molar refractivity (Wildman–Crippen MR) is 83.5 cm³/mol. The van der Waals surface area contributed by atoms with Crippen molar-refractivity contribution in [2.75, 3.05) is 7.11 Å². The van der Waals surface area contributed by atoms with E-state index in [9.17, 15) is 0 Å². The van der Waals surface area contributed by atoms with Crippen LogP contribution in [-0.4, -0.2) is 19.2 Å². The number of hydrogen-bond donors (Lipinski definition) is 1. The molecule has 0 aliphatic heterocycles. The number of methoxy groups -OCH3 is 1. The summed E-state index contributed by atoms with van der Waals surface area (Å²) in [6.07, 6.45) is 8.33. The molecule has 2 heteroatoms. The van der Waals surface area contributed by atoms with Crippen molar-refractivity contribution in [3.05, 3.63) is 29.3 Å². The second-order valence-electron chi connectivity index (χ2n) is 7.75. The van der Waals surface area contributed by atoms with Crippen LogP contribution in [0, 0.1) is 23.7 Å². The minimum atomic E-state index is 0.694. The molecule has 5 rings (SSSR count). The van der Waals surface area contributed by atoms with Gasteiger partial charge in [0.25, 0.3) is 0 Å². The lowest BCUT2D eigenvalue weighted by Gasteiger charge is -2.27. The van der Waals surface area contributed by atoms with Crippen LogP contribution in [0.2, 0.25) is 0 Å². The van der Waals surface area contributed by atoms with E-state index in [0.717, 1.165) is 35.5 Å². The van der Waals surface area contributed by atoms with Crippen molar-refractivity contribution < 1.29 is 4.74 Å². The van der Waals surface area contributed by atoms with Crippen molar-refractivity contribution in [3.63, 3.8) is 0 Å². The van der Waals surface area contributed by atoms with E-state index in [-0.39, 0.29) is 0 Å². The van der Waals surface area contributed by atoms with Gasteiger partial charge in [0, 0.05) is 12.1 Å². The predicted octanol–water partition coefficient (Wildman–Crippen LogP) is 3.19. The van der Waals surface area contributed by atoms with Gasteiger partial charge in [0.2, 0.25) is 0 Å². The molecule has 0 radical (unpaired) electrons. The van der Waals surface area contributed by atoms with Crippen LogP contribution in [0.4, 0.5) is 0 Å². The fraction of sp³-hybridized carbons (Fsp3) is 0.684. The molecule has 1 aromatic carbocycles. The van der Waals surface area contributed by atoms with Crippen LogP contribution >= 0.6 is 0 Å². The van der Waals surface area contributed by atoms with Crippen LogP contribution in [0.5, 0.6) is 5.75 Å². The van der Waals surface area contributed by atoms with Gasteiger partial charge in [-0.1, -0.05) is 6.07 Å². The molecule has 2 nitrogen and oxygen atoms in total. The highest BCUT2D eigenvalue weighted by Crippen LogP contribution is 2.65. The molecule has 2 bridgehead atoms. The summed E-state index contributed by atoms with van der Waals surface area (Å²) in [6, 6.07) is 8.18. The zero-order valence-electron chi connectivity index (χ0n) is 12.8. The van der Waals surface area contributed by atoms with Crippen LogP contribution in [0.3, 0.4) is 0 Å². The van der Waals surface area contributed by atoms with Crippen molar-refractivity contribution in [1.82, 2.24) is 5.32 Å². The summed E-state index contributed by atoms with van der Waals surface area (Å²) in [4.78, 5) is 0. The Morgan fingerprint density at radius 2 is 1.86 bits per heavy atom. The van der Waals surface area contributed by atoms with Gasteiger partial charge in [-0.2, -0.15) is 0 Å². The van der Waals surface area contributed by atoms with Crippen molar-refractivity contribution in [1.29, 1.82) is 0 Å². The molecule has 0 spiro atoms. The molecule has 3 saturated carbocycles. The van der Waals surface area contributed by atoms with Gasteiger partial charge >= 0.3 is 0 Å². The van der Waals surface area contributed by atoms with Crippen LogP contribution in [-0.2, 0) is 12.8 Å². The van der Waals surface area contributed by atoms with Crippen molar-refractivity contribution >= 4 is 0 Å². The van der Waals surface area contributed by atoms with Gasteiger partial charge in [0.05, 0.1) is 7.11 Å². The number of benzene rings is 1. The standard InChI is InChI=1S/C19H25NO/c1-21-16-7-5-11-4-6-15(9-14(11)10-16)20-19-17-12-2-3-13(8-12)18(17)19/h5,7,10,12-13,15,17-20H,2-4,6,8-9H2,1H3. The molecule has 4 aliphatic rings. The SMILES string of the molecule is COc1ccc2c(c1)CC(NC1C3C4CCC(C4)C13)CC2. The largest absolute Gasteiger partial charge is 0.497 e. The lowest BCUT2D eigenvalue weighted by Crippen LogP contribution is -2.38. The average Bonchev–Trinajstić information content (AvgIpc) is 2.91. The highest BCUT2D eigenvalue weighted by molar-refractivity contribution is 5.38. The maximum atomic E-state index is 5.39. The molecule has 1 N–H and O–H groups in total. The molecule has 21 heavy (non-hydrogen) atoms. The van der Waals surface area contributed by atoms with E-state index in [4.69, 9.17) is 4.74 Å². The van der Waals surface area contributed by atoms with Crippen LogP contribution in [0.25, 0.3) is 0 Å². The first-order valence-corrected chi connectivity index (χ1v) is 8.75. The third-order valence-corrected chi connectivity index (χ3v) is 6.81. The molecule has 3 fully saturated rings. The number of rotatable bonds is 3. The summed E-state index contributed by atoms with van der Waals surface area (Å²) < 4.78 is 5.39. The topological polar surface area (TPSA) is 21.3 Å². The van der Waals surface area contributed by atoms with E-state index < -0.39 is 0 Å². The monoisotopic (exact) mass is 283 g/mol. The van der Waals surface area contributed by atoms with Crippen LogP contribution < -0.4 is 10.1 Å². The first kappa shape index (κ1) is 12.5. The van der Waals surface area contributed by atoms with Crippen molar-refractivity contribution in [2.45, 2.75) is 50.6 Å². The van der Waals surface area contributed by atoms with Gasteiger partial charge in [-0.05, 0) is 85.5 Å². The molecular formula is C19H25NO. The Kier molecular flexibility index (Phi) is 2.67. The molecule has 0 amide bonds. The van der Waals surface area contributed by atoms with Gasteiger partial charge in [-0.25, -0.2) is 0 Å². The van der Waals surface area contributed by atoms with E-state index >= 15 is 0 Å². The Hall–Kier alpha value is -1.02. The van der Waals surface area contributed by atoms with E-state index in [1.54, 1.807) is 13.5 Å². The van der Waals surface area contributed by atoms with Gasteiger partial charge in [-0.15, -0.1) is 0 Å². The first-order chi connectivity index (χ1) is 10.3. The van der Waals surface area contributed by atoms with Crippen molar-refractivity contribution in [2.24, 2.45) is 23.7 Å². The number of aryl methyl sites for hydroxylation is 1. The van der Waals surface area contributed by atoms with Crippen LogP contribution in [0.15, 0.2) is 18.2 Å². The smallest absolute Gasteiger partial charge is 0.119 e. The van der Waals surface area contributed by atoms with E-state index in [0.29, 0.717) is 6.04 Å². The minimum Gasteiger partial charge on any atom is -0.497 e. The lowest BCUT2D eigenvalue weighted by molar-refractivity contribution is 0.388. The summed E-state index contributed by atoms with van der Waals surface area (Å²) in [6.45, 7) is 0. The molecule has 0 saturated heterocycles. The van der Waals surface area contributed by atoms with E-state index in [1.807, 2.05) is 0 Å². The fourth-order valence-corrected chi connectivity index (χ4v) is 5.82. The van der Waals surface area contributed by atoms with Gasteiger partial charge in [0.15, 0.2) is 0 Å². The van der Waals surface area contributed by atoms with Crippen LogP contribution in [0.1, 0.15) is 36.8 Å². The Morgan fingerprint density at radius 1 is 1.05 bits per heavy atom. The Labute approximate surface area is 127 Å². The zero-order chi connectivity index (χ0) is 14.0.